The van der Waals surface area contributed by atoms with E-state index in [-0.39, 0.29) is 42.9 Å². The molecule has 0 spiro atoms. The highest BCUT2D eigenvalue weighted by molar-refractivity contribution is 7.89. The third-order valence-corrected chi connectivity index (χ3v) is 7.91. The first-order valence-electron chi connectivity index (χ1n) is 10.9. The Bertz CT molecular complexity index is 1500. The summed E-state index contributed by atoms with van der Waals surface area (Å²) in [5, 5.41) is 1.35. The van der Waals surface area contributed by atoms with Crippen LogP contribution in [0, 0.1) is 0 Å². The van der Waals surface area contributed by atoms with Crippen LogP contribution in [0.1, 0.15) is 16.3 Å². The normalized spacial score (nSPS) is 15.0. The number of fused-ring (bicyclic) bond motifs is 1. The molecule has 0 atom stereocenters. The number of rotatable bonds is 5. The summed E-state index contributed by atoms with van der Waals surface area (Å²) < 4.78 is 27.6. The quantitative estimate of drug-likeness (QED) is 0.419. The molecule has 4 heterocycles. The van der Waals surface area contributed by atoms with Crippen LogP contribution in [0.3, 0.4) is 0 Å². The maximum absolute atomic E-state index is 13.1. The van der Waals surface area contributed by atoms with E-state index in [0.29, 0.717) is 28.3 Å². The van der Waals surface area contributed by atoms with E-state index in [1.807, 2.05) is 18.2 Å². The number of benzene rings is 1. The second kappa shape index (κ2) is 9.34. The van der Waals surface area contributed by atoms with Gasteiger partial charge in [-0.1, -0.05) is 17.7 Å². The minimum absolute atomic E-state index is 0.0486. The van der Waals surface area contributed by atoms with Crippen molar-refractivity contribution in [3.05, 3.63) is 71.4 Å². The van der Waals surface area contributed by atoms with Crippen LogP contribution >= 0.6 is 11.6 Å². The summed E-state index contributed by atoms with van der Waals surface area (Å²) in [6, 6.07) is 12.2. The van der Waals surface area contributed by atoms with Crippen LogP contribution in [-0.2, 0) is 16.6 Å². The number of pyridine rings is 1. The fourth-order valence-corrected chi connectivity index (χ4v) is 5.57. The number of nitrogens with zero attached hydrogens (tertiary/aromatic N) is 5. The van der Waals surface area contributed by atoms with Crippen molar-refractivity contribution >= 4 is 38.4 Å². The van der Waals surface area contributed by atoms with Gasteiger partial charge in [0, 0.05) is 66.6 Å². The third kappa shape index (κ3) is 4.63. The van der Waals surface area contributed by atoms with Crippen molar-refractivity contribution in [3.8, 4) is 11.3 Å². The van der Waals surface area contributed by atoms with Crippen LogP contribution in [0.15, 0.2) is 59.9 Å². The molecule has 4 aromatic rings. The molecule has 12 heteroatoms. The average molecular weight is 512 g/mol. The number of halogens is 1. The van der Waals surface area contributed by atoms with Crippen molar-refractivity contribution in [2.75, 3.05) is 26.2 Å². The number of piperazine rings is 1. The molecule has 3 N–H and O–H groups in total. The lowest BCUT2D eigenvalue weighted by Crippen LogP contribution is -2.50. The Morgan fingerprint density at radius 1 is 1.06 bits per heavy atom. The lowest BCUT2D eigenvalue weighted by atomic mass is 10.2. The summed E-state index contributed by atoms with van der Waals surface area (Å²) in [4.78, 5) is 30.3. The molecule has 0 radical (unpaired) electrons. The molecule has 1 aromatic carbocycles. The molecule has 1 aliphatic rings. The highest BCUT2D eigenvalue weighted by Gasteiger charge is 2.32. The number of nitrogens with one attached hydrogen (secondary N) is 1. The summed E-state index contributed by atoms with van der Waals surface area (Å²) in [7, 11) is -3.74. The molecule has 0 bridgehead atoms. The van der Waals surface area contributed by atoms with E-state index in [1.54, 1.807) is 41.6 Å². The topological polar surface area (TPSA) is 138 Å². The van der Waals surface area contributed by atoms with E-state index in [0.717, 1.165) is 11.1 Å². The number of hydrogen-bond acceptors (Lipinski definition) is 7. The van der Waals surface area contributed by atoms with Gasteiger partial charge in [-0.25, -0.2) is 18.4 Å². The van der Waals surface area contributed by atoms with E-state index in [2.05, 4.69) is 19.9 Å². The molecule has 35 heavy (non-hydrogen) atoms. The molecule has 0 saturated carbocycles. The van der Waals surface area contributed by atoms with Crippen molar-refractivity contribution in [2.24, 2.45) is 5.73 Å². The van der Waals surface area contributed by atoms with E-state index >= 15 is 0 Å². The number of nitrogens with two attached hydrogens (primary N) is 1. The maximum atomic E-state index is 13.1. The molecule has 1 amide bonds. The fraction of sp³-hybridized carbons (Fsp3) is 0.217. The Morgan fingerprint density at radius 2 is 1.80 bits per heavy atom. The van der Waals surface area contributed by atoms with Gasteiger partial charge < -0.3 is 15.6 Å². The molecule has 10 nitrogen and oxygen atoms in total. The van der Waals surface area contributed by atoms with Crippen LogP contribution in [0.25, 0.3) is 22.2 Å². The van der Waals surface area contributed by atoms with Crippen molar-refractivity contribution in [3.63, 3.8) is 0 Å². The largest absolute Gasteiger partial charge is 0.345 e. The lowest BCUT2D eigenvalue weighted by Gasteiger charge is -2.33. The predicted octanol–water partition coefficient (Wildman–Crippen LogP) is 2.28. The van der Waals surface area contributed by atoms with Gasteiger partial charge in [-0.3, -0.25) is 9.78 Å². The molecule has 0 unspecified atom stereocenters. The second-order valence-electron chi connectivity index (χ2n) is 8.08. The van der Waals surface area contributed by atoms with Gasteiger partial charge in [-0.2, -0.15) is 4.31 Å². The van der Waals surface area contributed by atoms with Crippen LogP contribution in [0.5, 0.6) is 0 Å². The van der Waals surface area contributed by atoms with E-state index in [9.17, 15) is 13.2 Å². The minimum Gasteiger partial charge on any atom is -0.345 e. The Kier molecular flexibility index (Phi) is 6.24. The zero-order chi connectivity index (χ0) is 24.6. The first kappa shape index (κ1) is 23.4. The van der Waals surface area contributed by atoms with Crippen LogP contribution in [-0.4, -0.2) is 69.6 Å². The molecule has 0 aliphatic carbocycles. The molecule has 1 saturated heterocycles. The first-order valence-corrected chi connectivity index (χ1v) is 12.7. The van der Waals surface area contributed by atoms with Crippen LogP contribution in [0.2, 0.25) is 5.02 Å². The number of carbonyl (C=O) groups is 1. The Hall–Kier alpha value is -3.38. The maximum Gasteiger partial charge on any atom is 0.291 e. The van der Waals surface area contributed by atoms with Crippen molar-refractivity contribution < 1.29 is 13.2 Å². The van der Waals surface area contributed by atoms with Gasteiger partial charge in [0.15, 0.2) is 0 Å². The Morgan fingerprint density at radius 3 is 2.51 bits per heavy atom. The molecule has 1 aliphatic heterocycles. The Labute approximate surface area is 206 Å². The lowest BCUT2D eigenvalue weighted by molar-refractivity contribution is 0.0685. The number of carbonyl (C=O) groups excluding carboxylic acids is 1. The smallest absolute Gasteiger partial charge is 0.291 e. The summed E-state index contributed by atoms with van der Waals surface area (Å²) >= 11 is 6.01. The van der Waals surface area contributed by atoms with Crippen molar-refractivity contribution in [2.45, 2.75) is 11.6 Å². The van der Waals surface area contributed by atoms with E-state index in [4.69, 9.17) is 17.3 Å². The number of aromatic nitrogens is 4. The van der Waals surface area contributed by atoms with E-state index in [1.165, 1.54) is 4.31 Å². The van der Waals surface area contributed by atoms with Gasteiger partial charge in [-0.05, 0) is 36.4 Å². The molecular weight excluding hydrogens is 490 g/mol. The number of hydrogen-bond donors (Lipinski definition) is 2. The molecule has 180 valence electrons. The number of amides is 1. The third-order valence-electron chi connectivity index (χ3n) is 5.86. The minimum atomic E-state index is -3.74. The van der Waals surface area contributed by atoms with Gasteiger partial charge >= 0.3 is 0 Å². The zero-order valence-electron chi connectivity index (χ0n) is 18.6. The van der Waals surface area contributed by atoms with Gasteiger partial charge in [-0.15, -0.1) is 0 Å². The monoisotopic (exact) mass is 511 g/mol. The molecule has 1 fully saturated rings. The highest BCUT2D eigenvalue weighted by Crippen LogP contribution is 2.25. The van der Waals surface area contributed by atoms with Crippen LogP contribution in [0.4, 0.5) is 0 Å². The molecule has 5 rings (SSSR count). The standard InChI is InChI=1S/C23H22ClN7O3S/c24-17-4-5-20-15(10-17)11-21(29-20)35(33,34)31-8-6-30(7-9-31)23(32)22-26-13-16(14-27-22)19-3-1-2-18(12-25)28-19/h1-5,10-11,13-14,29H,6-9,12,25H2. The SMILES string of the molecule is NCc1cccc(-c2cnc(C(=O)N3CCN(S(=O)(=O)c4cc5cc(Cl)ccc5[nH]4)CC3)nc2)n1. The number of aromatic amines is 1. The predicted molar refractivity (Wildman–Crippen MR) is 131 cm³/mol. The first-order chi connectivity index (χ1) is 16.8. The highest BCUT2D eigenvalue weighted by atomic mass is 35.5. The number of sulfonamides is 1. The van der Waals surface area contributed by atoms with Crippen LogP contribution < -0.4 is 5.73 Å². The van der Waals surface area contributed by atoms with Gasteiger partial charge in [0.05, 0.1) is 11.4 Å². The summed E-state index contributed by atoms with van der Waals surface area (Å²) in [6.07, 6.45) is 3.09. The zero-order valence-corrected chi connectivity index (χ0v) is 20.1. The van der Waals surface area contributed by atoms with Gasteiger partial charge in [0.25, 0.3) is 15.9 Å². The fourth-order valence-electron chi connectivity index (χ4n) is 3.95. The van der Waals surface area contributed by atoms with Crippen molar-refractivity contribution in [1.82, 2.24) is 29.1 Å². The summed E-state index contributed by atoms with van der Waals surface area (Å²) in [5.41, 5.74) is 8.42. The van der Waals surface area contributed by atoms with E-state index < -0.39 is 10.0 Å². The number of H-pyrrole nitrogens is 1. The second-order valence-corrected chi connectivity index (χ2v) is 10.4. The Balaban J connectivity index is 1.26. The van der Waals surface area contributed by atoms with Gasteiger partial charge in [0.2, 0.25) is 5.82 Å². The summed E-state index contributed by atoms with van der Waals surface area (Å²) in [5.74, 6) is -0.301. The van der Waals surface area contributed by atoms with Gasteiger partial charge in [0.1, 0.15) is 5.03 Å². The van der Waals surface area contributed by atoms with Crippen molar-refractivity contribution in [1.29, 1.82) is 0 Å². The molecular formula is C23H22ClN7O3S. The average Bonchev–Trinajstić information content (AvgIpc) is 3.33. The molecule has 3 aromatic heterocycles. The summed E-state index contributed by atoms with van der Waals surface area (Å²) in [6.45, 7) is 1.11.